The van der Waals surface area contributed by atoms with E-state index in [1.807, 2.05) is 24.3 Å². The molecule has 4 heteroatoms. The van der Waals surface area contributed by atoms with Gasteiger partial charge in [0.15, 0.2) is 5.60 Å². The summed E-state index contributed by atoms with van der Waals surface area (Å²) in [5.74, 6) is 1.36. The zero-order chi connectivity index (χ0) is 18.1. The molecule has 4 nitrogen and oxygen atoms in total. The number of benzene rings is 2. The molecule has 1 fully saturated rings. The third-order valence-electron chi connectivity index (χ3n) is 4.99. The average molecular weight is 350 g/mol. The van der Waals surface area contributed by atoms with Gasteiger partial charge in [-0.1, -0.05) is 49.4 Å². The Labute approximate surface area is 155 Å². The standard InChI is InChI=1S/C22H26N2O2/c1-16(14-24(2)3)15-25-23-21-18-11-7-8-12-20(18)26-22(13-19(21)22)17-9-5-4-6-10-17/h4-12,16,23H,13-15H2,1-3H3. The molecular formula is C22H26N2O2. The Morgan fingerprint density at radius 3 is 2.62 bits per heavy atom. The van der Waals surface area contributed by atoms with Crippen LogP contribution in [0, 0.1) is 5.92 Å². The van der Waals surface area contributed by atoms with Gasteiger partial charge in [-0.05, 0) is 32.1 Å². The molecule has 4 rings (SSSR count). The number of hydrogen-bond acceptors (Lipinski definition) is 4. The SMILES string of the molecule is CC(CONC1=C2CC2(c2ccccc2)Oc2ccccc21)CN(C)C. The highest BCUT2D eigenvalue weighted by atomic mass is 16.6. The van der Waals surface area contributed by atoms with E-state index < -0.39 is 0 Å². The number of hydrogen-bond donors (Lipinski definition) is 1. The zero-order valence-electron chi connectivity index (χ0n) is 15.7. The van der Waals surface area contributed by atoms with E-state index >= 15 is 0 Å². The van der Waals surface area contributed by atoms with Crippen LogP contribution < -0.4 is 10.2 Å². The Morgan fingerprint density at radius 1 is 1.12 bits per heavy atom. The average Bonchev–Trinajstić information content (AvgIpc) is 3.37. The third kappa shape index (κ3) is 3.11. The van der Waals surface area contributed by atoms with Gasteiger partial charge in [-0.25, -0.2) is 0 Å². The summed E-state index contributed by atoms with van der Waals surface area (Å²) in [7, 11) is 4.17. The first-order chi connectivity index (χ1) is 12.6. The van der Waals surface area contributed by atoms with E-state index in [4.69, 9.17) is 9.57 Å². The lowest BCUT2D eigenvalue weighted by Crippen LogP contribution is -2.28. The van der Waals surface area contributed by atoms with Crippen molar-refractivity contribution in [1.29, 1.82) is 0 Å². The molecule has 0 spiro atoms. The van der Waals surface area contributed by atoms with Gasteiger partial charge in [-0.3, -0.25) is 10.3 Å². The molecule has 0 radical (unpaired) electrons. The van der Waals surface area contributed by atoms with Gasteiger partial charge in [0.1, 0.15) is 5.75 Å². The van der Waals surface area contributed by atoms with E-state index in [9.17, 15) is 0 Å². The second-order valence-corrected chi connectivity index (χ2v) is 7.60. The maximum Gasteiger partial charge on any atom is 0.162 e. The molecule has 1 N–H and O–H groups in total. The smallest absolute Gasteiger partial charge is 0.162 e. The first kappa shape index (κ1) is 17.1. The molecule has 2 aromatic carbocycles. The van der Waals surface area contributed by atoms with Crippen LogP contribution in [-0.2, 0) is 10.4 Å². The van der Waals surface area contributed by atoms with E-state index in [1.165, 1.54) is 11.1 Å². The quantitative estimate of drug-likeness (QED) is 0.770. The number of hydroxylamine groups is 1. The van der Waals surface area contributed by atoms with Crippen molar-refractivity contribution in [1.82, 2.24) is 10.4 Å². The molecule has 0 saturated heterocycles. The summed E-state index contributed by atoms with van der Waals surface area (Å²) >= 11 is 0. The lowest BCUT2D eigenvalue weighted by atomic mass is 10.0. The van der Waals surface area contributed by atoms with Gasteiger partial charge in [0.25, 0.3) is 0 Å². The van der Waals surface area contributed by atoms with E-state index in [0.29, 0.717) is 12.5 Å². The van der Waals surface area contributed by atoms with Gasteiger partial charge >= 0.3 is 0 Å². The number of fused-ring (bicyclic) bond motifs is 2. The van der Waals surface area contributed by atoms with E-state index in [0.717, 1.165) is 30.0 Å². The summed E-state index contributed by atoms with van der Waals surface area (Å²) in [5, 5.41) is 0. The lowest BCUT2D eigenvalue weighted by Gasteiger charge is -2.27. The Hall–Kier alpha value is -2.30. The molecule has 2 atom stereocenters. The van der Waals surface area contributed by atoms with Gasteiger partial charge < -0.3 is 9.64 Å². The number of para-hydroxylation sites is 1. The molecule has 1 heterocycles. The van der Waals surface area contributed by atoms with Crippen molar-refractivity contribution in [3.63, 3.8) is 0 Å². The van der Waals surface area contributed by atoms with E-state index in [-0.39, 0.29) is 5.60 Å². The van der Waals surface area contributed by atoms with Crippen LogP contribution >= 0.6 is 0 Å². The van der Waals surface area contributed by atoms with Gasteiger partial charge in [-0.15, -0.1) is 0 Å². The highest BCUT2D eigenvalue weighted by Crippen LogP contribution is 2.60. The van der Waals surface area contributed by atoms with Crippen molar-refractivity contribution < 1.29 is 9.57 Å². The van der Waals surface area contributed by atoms with Crippen molar-refractivity contribution >= 4 is 5.70 Å². The molecule has 1 saturated carbocycles. The minimum atomic E-state index is -0.337. The molecule has 2 aliphatic rings. The fourth-order valence-corrected chi connectivity index (χ4v) is 3.80. The van der Waals surface area contributed by atoms with Crippen molar-refractivity contribution in [3.05, 3.63) is 71.3 Å². The van der Waals surface area contributed by atoms with Crippen LogP contribution in [0.2, 0.25) is 0 Å². The summed E-state index contributed by atoms with van der Waals surface area (Å²) < 4.78 is 6.43. The maximum atomic E-state index is 6.43. The Kier molecular flexibility index (Phi) is 4.47. The molecule has 26 heavy (non-hydrogen) atoms. The van der Waals surface area contributed by atoms with Gasteiger partial charge in [-0.2, -0.15) is 0 Å². The highest BCUT2D eigenvalue weighted by molar-refractivity contribution is 5.80. The van der Waals surface area contributed by atoms with Crippen LogP contribution in [0.5, 0.6) is 5.75 Å². The highest BCUT2D eigenvalue weighted by Gasteiger charge is 2.58. The first-order valence-corrected chi connectivity index (χ1v) is 9.20. The number of rotatable bonds is 7. The summed E-state index contributed by atoms with van der Waals surface area (Å²) in [6, 6.07) is 18.6. The third-order valence-corrected chi connectivity index (χ3v) is 4.99. The minimum Gasteiger partial charge on any atom is -0.477 e. The lowest BCUT2D eigenvalue weighted by molar-refractivity contribution is 0.0462. The molecule has 1 aliphatic carbocycles. The van der Waals surface area contributed by atoms with Gasteiger partial charge in [0, 0.05) is 29.7 Å². The van der Waals surface area contributed by atoms with Crippen LogP contribution in [0.4, 0.5) is 0 Å². The van der Waals surface area contributed by atoms with Crippen LogP contribution in [-0.4, -0.2) is 32.1 Å². The molecule has 2 aromatic rings. The van der Waals surface area contributed by atoms with E-state index in [1.54, 1.807) is 0 Å². The van der Waals surface area contributed by atoms with Crippen LogP contribution in [0.25, 0.3) is 5.70 Å². The van der Waals surface area contributed by atoms with Crippen LogP contribution in [0.15, 0.2) is 60.2 Å². The number of ether oxygens (including phenoxy) is 1. The van der Waals surface area contributed by atoms with Crippen LogP contribution in [0.3, 0.4) is 0 Å². The monoisotopic (exact) mass is 350 g/mol. The maximum absolute atomic E-state index is 6.43. The summed E-state index contributed by atoms with van der Waals surface area (Å²) in [4.78, 5) is 8.06. The molecule has 0 aromatic heterocycles. The largest absolute Gasteiger partial charge is 0.477 e. The van der Waals surface area contributed by atoms with Gasteiger partial charge in [0.2, 0.25) is 0 Å². The van der Waals surface area contributed by atoms with Gasteiger partial charge in [0.05, 0.1) is 12.3 Å². The fraction of sp³-hybridized carbons (Fsp3) is 0.364. The Morgan fingerprint density at radius 2 is 1.85 bits per heavy atom. The molecule has 2 unspecified atom stereocenters. The predicted octanol–water partition coefficient (Wildman–Crippen LogP) is 3.81. The first-order valence-electron chi connectivity index (χ1n) is 9.20. The van der Waals surface area contributed by atoms with Crippen molar-refractivity contribution in [2.24, 2.45) is 5.92 Å². The second kappa shape index (κ2) is 6.78. The Bertz CT molecular complexity index is 816. The summed E-state index contributed by atoms with van der Waals surface area (Å²) in [6.07, 6.45) is 0.893. The van der Waals surface area contributed by atoms with Crippen molar-refractivity contribution in [2.75, 3.05) is 27.2 Å². The number of nitrogens with one attached hydrogen (secondary N) is 1. The van der Waals surface area contributed by atoms with E-state index in [2.05, 4.69) is 61.7 Å². The number of nitrogens with zero attached hydrogens (tertiary/aromatic N) is 1. The van der Waals surface area contributed by atoms with Crippen molar-refractivity contribution in [3.8, 4) is 5.75 Å². The van der Waals surface area contributed by atoms with Crippen LogP contribution in [0.1, 0.15) is 24.5 Å². The zero-order valence-corrected chi connectivity index (χ0v) is 15.7. The molecule has 1 aliphatic heterocycles. The Balaban J connectivity index is 1.57. The predicted molar refractivity (Wildman–Crippen MR) is 104 cm³/mol. The summed E-state index contributed by atoms with van der Waals surface area (Å²) in [5.41, 5.74) is 7.52. The molecular weight excluding hydrogens is 324 g/mol. The molecule has 136 valence electrons. The van der Waals surface area contributed by atoms with Crippen molar-refractivity contribution in [2.45, 2.75) is 18.9 Å². The summed E-state index contributed by atoms with van der Waals surface area (Å²) in [6.45, 7) is 3.86. The topological polar surface area (TPSA) is 33.7 Å². The molecule has 0 amide bonds. The molecule has 0 bridgehead atoms. The second-order valence-electron chi connectivity index (χ2n) is 7.60. The minimum absolute atomic E-state index is 0.337. The normalized spacial score (nSPS) is 21.7. The fourth-order valence-electron chi connectivity index (χ4n) is 3.80.